The fourth-order valence-corrected chi connectivity index (χ4v) is 0.886. The molecule has 0 rings (SSSR count). The maximum absolute atomic E-state index is 11.2. The van der Waals surface area contributed by atoms with Crippen LogP contribution in [0.3, 0.4) is 0 Å². The molecule has 0 aromatic heterocycles. The van der Waals surface area contributed by atoms with E-state index in [-0.39, 0.29) is 11.8 Å². The first-order valence-electron chi connectivity index (χ1n) is 5.84. The first kappa shape index (κ1) is 19.1. The van der Waals surface area contributed by atoms with Crippen LogP contribution in [0.2, 0.25) is 0 Å². The molecule has 2 heteroatoms. The van der Waals surface area contributed by atoms with E-state index < -0.39 is 0 Å². The Morgan fingerprint density at radius 2 is 1.50 bits per heavy atom. The van der Waals surface area contributed by atoms with Crippen molar-refractivity contribution >= 4 is 5.91 Å². The summed E-state index contributed by atoms with van der Waals surface area (Å²) in [6, 6.07) is 0. The minimum Gasteiger partial charge on any atom is -0.346 e. The number of rotatable bonds is 3. The lowest BCUT2D eigenvalue weighted by Gasteiger charge is -2.17. The van der Waals surface area contributed by atoms with Crippen LogP contribution < -0.4 is 0 Å². The number of hydrogen-bond acceptors (Lipinski definition) is 1. The molecule has 0 bridgehead atoms. The van der Waals surface area contributed by atoms with Gasteiger partial charge in [-0.25, -0.2) is 0 Å². The van der Waals surface area contributed by atoms with E-state index >= 15 is 0 Å². The Hall–Kier alpha value is -0.530. The van der Waals surface area contributed by atoms with Gasteiger partial charge in [-0.2, -0.15) is 0 Å². The minimum absolute atomic E-state index is 0.136. The summed E-state index contributed by atoms with van der Waals surface area (Å²) in [5.41, 5.74) is 0. The summed E-state index contributed by atoms with van der Waals surface area (Å²) in [7, 11) is 1.85. The van der Waals surface area contributed by atoms with Crippen molar-refractivity contribution in [2.24, 2.45) is 5.92 Å². The lowest BCUT2D eigenvalue weighted by molar-refractivity contribution is -0.133. The summed E-state index contributed by atoms with van der Waals surface area (Å²) < 4.78 is 0. The topological polar surface area (TPSA) is 20.3 Å². The van der Waals surface area contributed by atoms with E-state index in [1.165, 1.54) is 0 Å². The summed E-state index contributed by atoms with van der Waals surface area (Å²) >= 11 is 0. The van der Waals surface area contributed by atoms with Crippen molar-refractivity contribution in [3.8, 4) is 0 Å². The van der Waals surface area contributed by atoms with E-state index in [0.29, 0.717) is 0 Å². The van der Waals surface area contributed by atoms with Gasteiger partial charge in [-0.3, -0.25) is 4.79 Å². The number of nitrogens with zero attached hydrogens (tertiary/aromatic N) is 1. The molecule has 0 unspecified atom stereocenters. The fraction of sp³-hybridized carbons (Fsp3) is 0.917. The van der Waals surface area contributed by atoms with Gasteiger partial charge in [-0.1, -0.05) is 48.5 Å². The van der Waals surface area contributed by atoms with Gasteiger partial charge in [0.1, 0.15) is 0 Å². The first-order chi connectivity index (χ1) is 6.59. The Morgan fingerprint density at radius 3 is 1.71 bits per heavy atom. The molecule has 0 fully saturated rings. The smallest absolute Gasteiger partial charge is 0.224 e. The van der Waals surface area contributed by atoms with Gasteiger partial charge in [-0.05, 0) is 6.42 Å². The highest BCUT2D eigenvalue weighted by Crippen LogP contribution is 1.98. The van der Waals surface area contributed by atoms with Crippen molar-refractivity contribution in [3.05, 3.63) is 0 Å². The third-order valence-electron chi connectivity index (χ3n) is 1.43. The monoisotopic (exact) mass is 203 g/mol. The zero-order valence-corrected chi connectivity index (χ0v) is 11.3. The second-order valence-electron chi connectivity index (χ2n) is 2.91. The van der Waals surface area contributed by atoms with Crippen molar-refractivity contribution in [2.75, 3.05) is 13.6 Å². The molecule has 0 aliphatic carbocycles. The predicted molar refractivity (Wildman–Crippen MR) is 65.5 cm³/mol. The molecule has 0 aliphatic rings. The molecule has 14 heavy (non-hydrogen) atoms. The molecule has 0 atom stereocenters. The summed E-state index contributed by atoms with van der Waals surface area (Å²) in [4.78, 5) is 12.9. The average Bonchev–Trinajstić information content (AvgIpc) is 2.23. The van der Waals surface area contributed by atoms with Crippen LogP contribution in [0.25, 0.3) is 0 Å². The molecular weight excluding hydrogens is 174 g/mol. The number of amides is 1. The molecule has 1 amide bonds. The third kappa shape index (κ3) is 11.5. The molecule has 0 saturated carbocycles. The van der Waals surface area contributed by atoms with Crippen LogP contribution in [0.15, 0.2) is 0 Å². The summed E-state index contributed by atoms with van der Waals surface area (Å²) in [5.74, 6) is 0.374. The quantitative estimate of drug-likeness (QED) is 0.686. The molecule has 0 radical (unpaired) electrons. The molecular formula is C12H29NO. The van der Waals surface area contributed by atoms with Crippen LogP contribution in [0.5, 0.6) is 0 Å². The number of carbonyl (C=O) groups is 1. The molecule has 88 valence electrons. The third-order valence-corrected chi connectivity index (χ3v) is 1.43. The molecule has 2 nitrogen and oxygen atoms in total. The van der Waals surface area contributed by atoms with Gasteiger partial charge in [0.25, 0.3) is 0 Å². The summed E-state index contributed by atoms with van der Waals surface area (Å²) in [5, 5.41) is 0. The summed E-state index contributed by atoms with van der Waals surface area (Å²) in [6.07, 6.45) is 1.04. The molecule has 0 saturated heterocycles. The molecule has 0 N–H and O–H groups in total. The zero-order chi connectivity index (χ0) is 12.1. The van der Waals surface area contributed by atoms with E-state index in [4.69, 9.17) is 0 Å². The normalized spacial score (nSPS) is 8.07. The van der Waals surface area contributed by atoms with E-state index in [1.54, 1.807) is 4.90 Å². The van der Waals surface area contributed by atoms with Gasteiger partial charge in [0, 0.05) is 19.5 Å². The second kappa shape index (κ2) is 15.0. The Kier molecular flexibility index (Phi) is 20.4. The van der Waals surface area contributed by atoms with E-state index in [1.807, 2.05) is 48.6 Å². The van der Waals surface area contributed by atoms with Crippen LogP contribution >= 0.6 is 0 Å². The standard InChI is InChI=1S/C8H17NO.2C2H6/c1-5-6-9(4)8(10)7(2)3;2*1-2/h7H,5-6H2,1-4H3;2*1-2H3. The molecule has 0 aromatic rings. The van der Waals surface area contributed by atoms with E-state index in [2.05, 4.69) is 6.92 Å². The minimum atomic E-state index is 0.136. The van der Waals surface area contributed by atoms with Crippen LogP contribution in [-0.4, -0.2) is 24.4 Å². The highest BCUT2D eigenvalue weighted by Gasteiger charge is 2.10. The Labute approximate surface area is 90.7 Å². The van der Waals surface area contributed by atoms with Gasteiger partial charge in [0.15, 0.2) is 0 Å². The zero-order valence-electron chi connectivity index (χ0n) is 11.3. The highest BCUT2D eigenvalue weighted by atomic mass is 16.2. The lowest BCUT2D eigenvalue weighted by Crippen LogP contribution is -2.30. The number of carbonyl (C=O) groups excluding carboxylic acids is 1. The van der Waals surface area contributed by atoms with E-state index in [9.17, 15) is 4.79 Å². The van der Waals surface area contributed by atoms with Crippen LogP contribution in [0.4, 0.5) is 0 Å². The first-order valence-corrected chi connectivity index (χ1v) is 5.84. The lowest BCUT2D eigenvalue weighted by atomic mass is 10.2. The summed E-state index contributed by atoms with van der Waals surface area (Å²) in [6.45, 7) is 14.8. The fourth-order valence-electron chi connectivity index (χ4n) is 0.886. The number of hydrogen-bond donors (Lipinski definition) is 0. The van der Waals surface area contributed by atoms with E-state index in [0.717, 1.165) is 13.0 Å². The Morgan fingerprint density at radius 1 is 1.14 bits per heavy atom. The Bertz CT molecular complexity index is 111. The van der Waals surface area contributed by atoms with Crippen LogP contribution in [-0.2, 0) is 4.79 Å². The molecule has 0 aliphatic heterocycles. The molecule has 0 heterocycles. The van der Waals surface area contributed by atoms with Crippen molar-refractivity contribution < 1.29 is 4.79 Å². The average molecular weight is 203 g/mol. The van der Waals surface area contributed by atoms with Crippen molar-refractivity contribution in [1.82, 2.24) is 4.90 Å². The van der Waals surface area contributed by atoms with Crippen molar-refractivity contribution in [1.29, 1.82) is 0 Å². The Balaban J connectivity index is -0.000000266. The van der Waals surface area contributed by atoms with Gasteiger partial charge in [-0.15, -0.1) is 0 Å². The predicted octanol–water partition coefficient (Wildman–Crippen LogP) is 3.56. The largest absolute Gasteiger partial charge is 0.346 e. The van der Waals surface area contributed by atoms with Crippen molar-refractivity contribution in [3.63, 3.8) is 0 Å². The molecule has 0 spiro atoms. The van der Waals surface area contributed by atoms with Gasteiger partial charge >= 0.3 is 0 Å². The van der Waals surface area contributed by atoms with Gasteiger partial charge < -0.3 is 4.90 Å². The maximum Gasteiger partial charge on any atom is 0.224 e. The second-order valence-corrected chi connectivity index (χ2v) is 2.91. The van der Waals surface area contributed by atoms with Gasteiger partial charge in [0.05, 0.1) is 0 Å². The molecule has 0 aromatic carbocycles. The van der Waals surface area contributed by atoms with Crippen LogP contribution in [0, 0.1) is 5.92 Å². The maximum atomic E-state index is 11.2. The van der Waals surface area contributed by atoms with Crippen LogP contribution in [0.1, 0.15) is 54.9 Å². The van der Waals surface area contributed by atoms with Crippen molar-refractivity contribution in [2.45, 2.75) is 54.9 Å². The SMILES string of the molecule is CC.CC.CCCN(C)C(=O)C(C)C. The highest BCUT2D eigenvalue weighted by molar-refractivity contribution is 5.77. The van der Waals surface area contributed by atoms with Gasteiger partial charge in [0.2, 0.25) is 5.91 Å².